The van der Waals surface area contributed by atoms with E-state index in [1.54, 1.807) is 0 Å². The Morgan fingerprint density at radius 1 is 1.26 bits per heavy atom. The minimum absolute atomic E-state index is 0.153. The van der Waals surface area contributed by atoms with Gasteiger partial charge in [0.05, 0.1) is 5.69 Å². The highest BCUT2D eigenvalue weighted by Crippen LogP contribution is 2.16. The Labute approximate surface area is 140 Å². The highest BCUT2D eigenvalue weighted by Gasteiger charge is 2.27. The standard InChI is InChI=1S/C17H32N4O2/c1-7-17(8-2,13-18-15(22)23-16(4,5)6)19-12-14-10-11-20-21(14)9-3/h10-11,19H,7-9,12-13H2,1-6H3,(H,18,22). The van der Waals surface area contributed by atoms with Crippen LogP contribution in [0, 0.1) is 0 Å². The molecule has 0 spiro atoms. The Balaban J connectivity index is 2.62. The molecule has 6 heteroatoms. The Kier molecular flexibility index (Phi) is 7.06. The smallest absolute Gasteiger partial charge is 0.407 e. The lowest BCUT2D eigenvalue weighted by Crippen LogP contribution is -2.53. The van der Waals surface area contributed by atoms with Gasteiger partial charge in [0.2, 0.25) is 0 Å². The maximum absolute atomic E-state index is 11.9. The Morgan fingerprint density at radius 3 is 2.43 bits per heavy atom. The molecule has 23 heavy (non-hydrogen) atoms. The van der Waals surface area contributed by atoms with Crippen molar-refractivity contribution in [2.24, 2.45) is 0 Å². The summed E-state index contributed by atoms with van der Waals surface area (Å²) in [5, 5.41) is 10.8. The van der Waals surface area contributed by atoms with Crippen LogP contribution in [0.15, 0.2) is 12.3 Å². The molecule has 0 atom stereocenters. The van der Waals surface area contributed by atoms with Crippen LogP contribution in [0.25, 0.3) is 0 Å². The average Bonchev–Trinajstić information content (AvgIpc) is 2.94. The van der Waals surface area contributed by atoms with Gasteiger partial charge in [-0.15, -0.1) is 0 Å². The number of rotatable bonds is 8. The third kappa shape index (κ3) is 6.22. The molecule has 0 bridgehead atoms. The molecular formula is C17H32N4O2. The highest BCUT2D eigenvalue weighted by atomic mass is 16.6. The largest absolute Gasteiger partial charge is 0.444 e. The molecule has 132 valence electrons. The first-order chi connectivity index (χ1) is 10.7. The van der Waals surface area contributed by atoms with Gasteiger partial charge in [0.1, 0.15) is 5.60 Å². The third-order valence-electron chi connectivity index (χ3n) is 4.07. The zero-order valence-corrected chi connectivity index (χ0v) is 15.4. The maximum Gasteiger partial charge on any atom is 0.407 e. The lowest BCUT2D eigenvalue weighted by atomic mass is 9.92. The topological polar surface area (TPSA) is 68.2 Å². The molecule has 1 aromatic rings. The summed E-state index contributed by atoms with van der Waals surface area (Å²) < 4.78 is 7.29. The number of carbonyl (C=O) groups is 1. The molecule has 1 heterocycles. The van der Waals surface area contributed by atoms with E-state index in [1.165, 1.54) is 0 Å². The van der Waals surface area contributed by atoms with Crippen LogP contribution in [0.2, 0.25) is 0 Å². The summed E-state index contributed by atoms with van der Waals surface area (Å²) in [4.78, 5) is 11.9. The predicted molar refractivity (Wildman–Crippen MR) is 92.3 cm³/mol. The lowest BCUT2D eigenvalue weighted by Gasteiger charge is -2.34. The number of carbonyl (C=O) groups excluding carboxylic acids is 1. The normalized spacial score (nSPS) is 12.3. The second kappa shape index (κ2) is 8.34. The molecule has 0 aromatic carbocycles. The van der Waals surface area contributed by atoms with E-state index in [1.807, 2.05) is 37.7 Å². The number of hydrogen-bond donors (Lipinski definition) is 2. The summed E-state index contributed by atoms with van der Waals surface area (Å²) in [7, 11) is 0. The minimum Gasteiger partial charge on any atom is -0.444 e. The monoisotopic (exact) mass is 324 g/mol. The zero-order valence-electron chi connectivity index (χ0n) is 15.4. The van der Waals surface area contributed by atoms with Crippen LogP contribution in [0.5, 0.6) is 0 Å². The Morgan fingerprint density at radius 2 is 1.91 bits per heavy atom. The summed E-state index contributed by atoms with van der Waals surface area (Å²) in [6.07, 6.45) is 3.28. The van der Waals surface area contributed by atoms with Gasteiger partial charge in [-0.3, -0.25) is 4.68 Å². The second-order valence-electron chi connectivity index (χ2n) is 6.83. The molecule has 2 N–H and O–H groups in total. The number of aromatic nitrogens is 2. The fourth-order valence-electron chi connectivity index (χ4n) is 2.44. The first kappa shape index (κ1) is 19.5. The molecule has 0 unspecified atom stereocenters. The van der Waals surface area contributed by atoms with E-state index in [0.717, 1.165) is 31.6 Å². The molecule has 6 nitrogen and oxygen atoms in total. The molecule has 0 aliphatic rings. The predicted octanol–water partition coefficient (Wildman–Crippen LogP) is 3.08. The van der Waals surface area contributed by atoms with Crippen molar-refractivity contribution in [1.82, 2.24) is 20.4 Å². The minimum atomic E-state index is -0.480. The molecule has 1 aromatic heterocycles. The molecule has 0 aliphatic heterocycles. The third-order valence-corrected chi connectivity index (χ3v) is 4.07. The van der Waals surface area contributed by atoms with Crippen molar-refractivity contribution in [3.63, 3.8) is 0 Å². The number of ether oxygens (including phenoxy) is 1. The number of aryl methyl sites for hydroxylation is 1. The Hall–Kier alpha value is -1.56. The van der Waals surface area contributed by atoms with Crippen LogP contribution in [0.3, 0.4) is 0 Å². The molecule has 0 aliphatic carbocycles. The number of nitrogens with one attached hydrogen (secondary N) is 2. The van der Waals surface area contributed by atoms with Crippen molar-refractivity contribution in [3.8, 4) is 0 Å². The summed E-state index contributed by atoms with van der Waals surface area (Å²) in [5.74, 6) is 0. The first-order valence-corrected chi connectivity index (χ1v) is 8.48. The van der Waals surface area contributed by atoms with Crippen molar-refractivity contribution < 1.29 is 9.53 Å². The van der Waals surface area contributed by atoms with Gasteiger partial charge in [-0.05, 0) is 46.6 Å². The van der Waals surface area contributed by atoms with Crippen LogP contribution in [-0.2, 0) is 17.8 Å². The van der Waals surface area contributed by atoms with Gasteiger partial charge < -0.3 is 15.4 Å². The summed E-state index contributed by atoms with van der Waals surface area (Å²) in [6, 6.07) is 2.02. The summed E-state index contributed by atoms with van der Waals surface area (Å²) >= 11 is 0. The van der Waals surface area contributed by atoms with E-state index < -0.39 is 5.60 Å². The van der Waals surface area contributed by atoms with Gasteiger partial charge in [0, 0.05) is 31.4 Å². The molecular weight excluding hydrogens is 292 g/mol. The molecule has 0 saturated carbocycles. The van der Waals surface area contributed by atoms with E-state index in [-0.39, 0.29) is 11.6 Å². The van der Waals surface area contributed by atoms with Crippen molar-refractivity contribution in [2.75, 3.05) is 6.54 Å². The van der Waals surface area contributed by atoms with Crippen molar-refractivity contribution in [2.45, 2.75) is 78.6 Å². The van der Waals surface area contributed by atoms with Crippen LogP contribution in [0.4, 0.5) is 4.79 Å². The van der Waals surface area contributed by atoms with E-state index in [9.17, 15) is 4.79 Å². The molecule has 1 amide bonds. The molecule has 0 saturated heterocycles. The van der Waals surface area contributed by atoms with Crippen LogP contribution in [0.1, 0.15) is 60.1 Å². The summed E-state index contributed by atoms with van der Waals surface area (Å²) in [6.45, 7) is 14.0. The lowest BCUT2D eigenvalue weighted by molar-refractivity contribution is 0.0506. The van der Waals surface area contributed by atoms with Crippen LogP contribution < -0.4 is 10.6 Å². The van der Waals surface area contributed by atoms with Gasteiger partial charge in [-0.25, -0.2) is 4.79 Å². The Bertz CT molecular complexity index is 487. The van der Waals surface area contributed by atoms with E-state index in [0.29, 0.717) is 6.54 Å². The highest BCUT2D eigenvalue weighted by molar-refractivity contribution is 5.67. The van der Waals surface area contributed by atoms with E-state index >= 15 is 0 Å². The van der Waals surface area contributed by atoms with Crippen LogP contribution >= 0.6 is 0 Å². The number of alkyl carbamates (subject to hydrolysis) is 1. The number of hydrogen-bond acceptors (Lipinski definition) is 4. The molecule has 1 rings (SSSR count). The van der Waals surface area contributed by atoms with E-state index in [4.69, 9.17) is 4.74 Å². The zero-order chi connectivity index (χ0) is 17.5. The number of nitrogens with zero attached hydrogens (tertiary/aromatic N) is 2. The van der Waals surface area contributed by atoms with Crippen LogP contribution in [-0.4, -0.2) is 33.6 Å². The quantitative estimate of drug-likeness (QED) is 0.771. The van der Waals surface area contributed by atoms with E-state index in [2.05, 4.69) is 36.5 Å². The molecule has 0 radical (unpaired) electrons. The summed E-state index contributed by atoms with van der Waals surface area (Å²) in [5.41, 5.74) is 0.516. The van der Waals surface area contributed by atoms with Gasteiger partial charge in [0.25, 0.3) is 0 Å². The maximum atomic E-state index is 11.9. The van der Waals surface area contributed by atoms with Crippen molar-refractivity contribution in [1.29, 1.82) is 0 Å². The molecule has 0 fully saturated rings. The number of amides is 1. The average molecular weight is 324 g/mol. The fourth-order valence-corrected chi connectivity index (χ4v) is 2.44. The second-order valence-corrected chi connectivity index (χ2v) is 6.83. The van der Waals surface area contributed by atoms with Crippen molar-refractivity contribution >= 4 is 6.09 Å². The van der Waals surface area contributed by atoms with Gasteiger partial charge in [-0.2, -0.15) is 5.10 Å². The van der Waals surface area contributed by atoms with Crippen molar-refractivity contribution in [3.05, 3.63) is 18.0 Å². The SMILES string of the molecule is CCn1nccc1CNC(CC)(CC)CNC(=O)OC(C)(C)C. The fraction of sp³-hybridized carbons (Fsp3) is 0.765. The van der Waals surface area contributed by atoms with Gasteiger partial charge in [0.15, 0.2) is 0 Å². The van der Waals surface area contributed by atoms with Gasteiger partial charge in [-0.1, -0.05) is 13.8 Å². The van der Waals surface area contributed by atoms with Gasteiger partial charge >= 0.3 is 6.09 Å². The first-order valence-electron chi connectivity index (χ1n) is 8.48.